The number of urea groups is 1. The van der Waals surface area contributed by atoms with E-state index in [4.69, 9.17) is 0 Å². The van der Waals surface area contributed by atoms with Crippen molar-refractivity contribution < 1.29 is 9.59 Å². The van der Waals surface area contributed by atoms with Crippen molar-refractivity contribution in [2.45, 2.75) is 52.0 Å². The van der Waals surface area contributed by atoms with Crippen LogP contribution in [0.1, 0.15) is 46.0 Å². The third kappa shape index (κ3) is 4.12. The molecule has 1 saturated heterocycles. The second-order valence-electron chi connectivity index (χ2n) is 6.41. The summed E-state index contributed by atoms with van der Waals surface area (Å²) in [6.45, 7) is 6.17. The number of nitrogens with one attached hydrogen (secondary N) is 2. The van der Waals surface area contributed by atoms with E-state index in [9.17, 15) is 9.59 Å². The number of nitrogens with zero attached hydrogens (tertiary/aromatic N) is 1. The second-order valence-corrected chi connectivity index (χ2v) is 6.41. The van der Waals surface area contributed by atoms with Crippen LogP contribution in [0.4, 0.5) is 4.79 Å². The van der Waals surface area contributed by atoms with Gasteiger partial charge in [-0.2, -0.15) is 0 Å². The quantitative estimate of drug-likeness (QED) is 0.824. The molecule has 0 radical (unpaired) electrons. The first-order valence-corrected chi connectivity index (χ1v) is 7.89. The molecular weight excluding hydrogens is 254 g/mol. The fourth-order valence-corrected chi connectivity index (χ4v) is 2.78. The van der Waals surface area contributed by atoms with Crippen molar-refractivity contribution in [3.63, 3.8) is 0 Å². The van der Waals surface area contributed by atoms with Crippen molar-refractivity contribution >= 4 is 11.9 Å². The third-order valence-corrected chi connectivity index (χ3v) is 4.41. The molecule has 3 amide bonds. The largest absolute Gasteiger partial charge is 0.342 e. The molecule has 0 atom stereocenters. The lowest BCUT2D eigenvalue weighted by molar-refractivity contribution is -0.135. The summed E-state index contributed by atoms with van der Waals surface area (Å²) >= 11 is 0. The minimum Gasteiger partial charge on any atom is -0.342 e. The monoisotopic (exact) mass is 281 g/mol. The van der Waals surface area contributed by atoms with Crippen LogP contribution < -0.4 is 10.6 Å². The number of carbonyl (C=O) groups excluding carboxylic acids is 2. The number of piperidine rings is 1. The van der Waals surface area contributed by atoms with Crippen molar-refractivity contribution in [1.29, 1.82) is 0 Å². The maximum atomic E-state index is 11.9. The molecule has 1 heterocycles. The predicted octanol–water partition coefficient (Wildman–Crippen LogP) is 1.73. The van der Waals surface area contributed by atoms with Crippen molar-refractivity contribution in [3.8, 4) is 0 Å². The van der Waals surface area contributed by atoms with Gasteiger partial charge in [0.15, 0.2) is 0 Å². The Kier molecular flexibility index (Phi) is 5.26. The third-order valence-electron chi connectivity index (χ3n) is 4.41. The van der Waals surface area contributed by atoms with Crippen LogP contribution in [0.15, 0.2) is 0 Å². The molecular formula is C15H27N3O2. The van der Waals surface area contributed by atoms with Gasteiger partial charge in [-0.1, -0.05) is 20.3 Å². The second kappa shape index (κ2) is 6.95. The van der Waals surface area contributed by atoms with Crippen LogP contribution >= 0.6 is 0 Å². The molecule has 1 aliphatic heterocycles. The molecule has 2 N–H and O–H groups in total. The fraction of sp³-hybridized carbons (Fsp3) is 0.867. The van der Waals surface area contributed by atoms with Gasteiger partial charge in [0.1, 0.15) is 0 Å². The van der Waals surface area contributed by atoms with E-state index in [-0.39, 0.29) is 23.9 Å². The van der Waals surface area contributed by atoms with Crippen LogP contribution in [0.5, 0.6) is 0 Å². The first-order valence-electron chi connectivity index (χ1n) is 7.89. The van der Waals surface area contributed by atoms with Gasteiger partial charge in [0.05, 0.1) is 0 Å². The van der Waals surface area contributed by atoms with Gasteiger partial charge in [-0.3, -0.25) is 4.79 Å². The summed E-state index contributed by atoms with van der Waals surface area (Å²) in [5.41, 5.74) is 0. The summed E-state index contributed by atoms with van der Waals surface area (Å²) in [6, 6.07) is 0.151. The molecule has 0 bridgehead atoms. The van der Waals surface area contributed by atoms with Crippen molar-refractivity contribution in [3.05, 3.63) is 0 Å². The van der Waals surface area contributed by atoms with E-state index in [1.807, 2.05) is 18.7 Å². The summed E-state index contributed by atoms with van der Waals surface area (Å²) < 4.78 is 0. The molecule has 1 saturated carbocycles. The Hall–Kier alpha value is -1.26. The van der Waals surface area contributed by atoms with Gasteiger partial charge in [0.2, 0.25) is 5.91 Å². The molecule has 0 aromatic rings. The summed E-state index contributed by atoms with van der Waals surface area (Å²) in [6.07, 6.45) is 5.51. The molecule has 2 fully saturated rings. The van der Waals surface area contributed by atoms with Crippen LogP contribution in [-0.2, 0) is 4.79 Å². The molecule has 0 unspecified atom stereocenters. The van der Waals surface area contributed by atoms with E-state index < -0.39 is 0 Å². The Labute approximate surface area is 121 Å². The number of carbonyl (C=O) groups is 2. The molecule has 114 valence electrons. The van der Waals surface area contributed by atoms with Crippen molar-refractivity contribution in [1.82, 2.24) is 15.5 Å². The smallest absolute Gasteiger partial charge is 0.315 e. The average molecular weight is 281 g/mol. The summed E-state index contributed by atoms with van der Waals surface area (Å²) in [4.78, 5) is 25.6. The number of rotatable bonds is 4. The standard InChI is InChI=1S/C15H27N3O2/c1-11(2)14(19)18-8-6-13(7-9-18)17-15(20)16-10-12-4-3-5-12/h11-13H,3-10H2,1-2H3,(H2,16,17,20). The summed E-state index contributed by atoms with van der Waals surface area (Å²) in [5, 5.41) is 5.98. The Bertz CT molecular complexity index is 345. The van der Waals surface area contributed by atoms with Crippen molar-refractivity contribution in [2.24, 2.45) is 11.8 Å². The molecule has 0 spiro atoms. The van der Waals surface area contributed by atoms with E-state index in [2.05, 4.69) is 10.6 Å². The lowest BCUT2D eigenvalue weighted by atomic mass is 9.85. The average Bonchev–Trinajstić information content (AvgIpc) is 2.37. The zero-order valence-corrected chi connectivity index (χ0v) is 12.7. The van der Waals surface area contributed by atoms with Gasteiger partial charge in [-0.15, -0.1) is 0 Å². The van der Waals surface area contributed by atoms with E-state index in [1.54, 1.807) is 0 Å². The maximum Gasteiger partial charge on any atom is 0.315 e. The minimum absolute atomic E-state index is 0.0504. The van der Waals surface area contributed by atoms with E-state index in [0.717, 1.165) is 32.5 Å². The SMILES string of the molecule is CC(C)C(=O)N1CCC(NC(=O)NCC2CCC2)CC1. The normalized spacial score (nSPS) is 20.6. The first kappa shape index (κ1) is 15.1. The molecule has 5 nitrogen and oxygen atoms in total. The van der Waals surface area contributed by atoms with E-state index in [0.29, 0.717) is 5.92 Å². The predicted molar refractivity (Wildman–Crippen MR) is 78.3 cm³/mol. The topological polar surface area (TPSA) is 61.4 Å². The van der Waals surface area contributed by atoms with Crippen LogP contribution in [0.2, 0.25) is 0 Å². The highest BCUT2D eigenvalue weighted by atomic mass is 16.2. The van der Waals surface area contributed by atoms with Gasteiger partial charge >= 0.3 is 6.03 Å². The Balaban J connectivity index is 1.63. The molecule has 0 aromatic heterocycles. The van der Waals surface area contributed by atoms with Gasteiger partial charge in [0, 0.05) is 31.6 Å². The Morgan fingerprint density at radius 2 is 1.80 bits per heavy atom. The van der Waals surface area contributed by atoms with Gasteiger partial charge in [-0.05, 0) is 31.6 Å². The number of likely N-dealkylation sites (tertiary alicyclic amines) is 1. The molecule has 2 rings (SSSR count). The lowest BCUT2D eigenvalue weighted by Gasteiger charge is -2.33. The Morgan fingerprint density at radius 3 is 2.30 bits per heavy atom. The molecule has 1 aliphatic carbocycles. The zero-order valence-electron chi connectivity index (χ0n) is 12.7. The van der Waals surface area contributed by atoms with Gasteiger partial charge in [0.25, 0.3) is 0 Å². The van der Waals surface area contributed by atoms with Crippen LogP contribution in [0.3, 0.4) is 0 Å². The van der Waals surface area contributed by atoms with Crippen LogP contribution in [0, 0.1) is 11.8 Å². The highest BCUT2D eigenvalue weighted by Crippen LogP contribution is 2.25. The molecule has 20 heavy (non-hydrogen) atoms. The summed E-state index contributed by atoms with van der Waals surface area (Å²) in [5.74, 6) is 0.967. The highest BCUT2D eigenvalue weighted by Gasteiger charge is 2.25. The maximum absolute atomic E-state index is 11.9. The molecule has 0 aromatic carbocycles. The van der Waals surface area contributed by atoms with Gasteiger partial charge < -0.3 is 15.5 Å². The number of amides is 3. The van der Waals surface area contributed by atoms with Crippen LogP contribution in [-0.4, -0.2) is 42.5 Å². The minimum atomic E-state index is -0.0504. The Morgan fingerprint density at radius 1 is 1.15 bits per heavy atom. The lowest BCUT2D eigenvalue weighted by Crippen LogP contribution is -2.50. The number of hydrogen-bond donors (Lipinski definition) is 2. The van der Waals surface area contributed by atoms with Crippen molar-refractivity contribution in [2.75, 3.05) is 19.6 Å². The first-order chi connectivity index (χ1) is 9.56. The van der Waals surface area contributed by atoms with E-state index >= 15 is 0 Å². The number of hydrogen-bond acceptors (Lipinski definition) is 2. The molecule has 5 heteroatoms. The fourth-order valence-electron chi connectivity index (χ4n) is 2.78. The highest BCUT2D eigenvalue weighted by molar-refractivity contribution is 5.78. The molecule has 2 aliphatic rings. The van der Waals surface area contributed by atoms with Crippen LogP contribution in [0.25, 0.3) is 0 Å². The van der Waals surface area contributed by atoms with E-state index in [1.165, 1.54) is 19.3 Å². The zero-order chi connectivity index (χ0) is 14.5. The van der Waals surface area contributed by atoms with Gasteiger partial charge in [-0.25, -0.2) is 4.79 Å². The summed E-state index contributed by atoms with van der Waals surface area (Å²) in [7, 11) is 0.